The lowest BCUT2D eigenvalue weighted by molar-refractivity contribution is 0.242. The molecule has 7 heteroatoms. The monoisotopic (exact) mass is 496 g/mol. The van der Waals surface area contributed by atoms with Gasteiger partial charge in [-0.1, -0.05) is 25.0 Å². The van der Waals surface area contributed by atoms with E-state index in [1.54, 1.807) is 0 Å². The standard InChI is InChI=1S/C21H32N6.HI/c1-22-21(24-16-12-14-27(15-16)17-7-2-3-8-17)23-13-6-11-20-25-18-9-4-5-10-19(18)26-20;/h4-5,9-10,16-17H,2-3,6-8,11-15H2,1H3,(H,25,26)(H2,22,23,24);1H. The normalized spacial score (nSPS) is 21.2. The highest BCUT2D eigenvalue weighted by atomic mass is 127. The molecular formula is C21H33IN6. The first-order valence-corrected chi connectivity index (χ1v) is 10.5. The van der Waals surface area contributed by atoms with Crippen molar-refractivity contribution < 1.29 is 0 Å². The van der Waals surface area contributed by atoms with Crippen LogP contribution in [0.3, 0.4) is 0 Å². The van der Waals surface area contributed by atoms with Gasteiger partial charge >= 0.3 is 0 Å². The zero-order valence-corrected chi connectivity index (χ0v) is 19.1. The van der Waals surface area contributed by atoms with Crippen molar-refractivity contribution in [2.45, 2.75) is 57.0 Å². The minimum Gasteiger partial charge on any atom is -0.356 e. The predicted molar refractivity (Wildman–Crippen MR) is 127 cm³/mol. The number of fused-ring (bicyclic) bond motifs is 1. The summed E-state index contributed by atoms with van der Waals surface area (Å²) < 4.78 is 0. The molecule has 1 atom stereocenters. The number of hydrogen-bond donors (Lipinski definition) is 3. The molecule has 0 spiro atoms. The third kappa shape index (κ3) is 5.37. The Hall–Kier alpha value is -1.35. The van der Waals surface area contributed by atoms with Crippen LogP contribution < -0.4 is 10.6 Å². The Balaban J connectivity index is 0.00000225. The molecule has 1 saturated carbocycles. The average molecular weight is 496 g/mol. The van der Waals surface area contributed by atoms with Gasteiger partial charge in [0.2, 0.25) is 0 Å². The molecule has 3 N–H and O–H groups in total. The predicted octanol–water partition coefficient (Wildman–Crippen LogP) is 3.30. The second-order valence-corrected chi connectivity index (χ2v) is 7.87. The lowest BCUT2D eigenvalue weighted by Gasteiger charge is -2.24. The Morgan fingerprint density at radius 2 is 2.07 bits per heavy atom. The van der Waals surface area contributed by atoms with Crippen LogP contribution >= 0.6 is 24.0 Å². The van der Waals surface area contributed by atoms with Gasteiger partial charge in [-0.15, -0.1) is 24.0 Å². The zero-order chi connectivity index (χ0) is 18.5. The maximum Gasteiger partial charge on any atom is 0.191 e. The summed E-state index contributed by atoms with van der Waals surface area (Å²) in [6.07, 6.45) is 8.79. The lowest BCUT2D eigenvalue weighted by atomic mass is 10.2. The van der Waals surface area contributed by atoms with E-state index >= 15 is 0 Å². The third-order valence-corrected chi connectivity index (χ3v) is 5.95. The first kappa shape index (κ1) is 21.4. The van der Waals surface area contributed by atoms with Crippen LogP contribution in [0.1, 0.15) is 44.3 Å². The molecule has 0 amide bonds. The fraction of sp³-hybridized carbons (Fsp3) is 0.619. The molecule has 2 fully saturated rings. The van der Waals surface area contributed by atoms with Gasteiger partial charge in [0, 0.05) is 45.2 Å². The molecule has 0 radical (unpaired) electrons. The molecule has 2 aliphatic rings. The summed E-state index contributed by atoms with van der Waals surface area (Å²) in [5.74, 6) is 1.99. The summed E-state index contributed by atoms with van der Waals surface area (Å²) in [7, 11) is 1.86. The van der Waals surface area contributed by atoms with Crippen molar-refractivity contribution in [1.29, 1.82) is 0 Å². The third-order valence-electron chi connectivity index (χ3n) is 5.95. The number of nitrogens with zero attached hydrogens (tertiary/aromatic N) is 3. The zero-order valence-electron chi connectivity index (χ0n) is 16.8. The Morgan fingerprint density at radius 3 is 2.86 bits per heavy atom. The van der Waals surface area contributed by atoms with Crippen LogP contribution in [0.2, 0.25) is 0 Å². The first-order chi connectivity index (χ1) is 13.3. The van der Waals surface area contributed by atoms with E-state index in [2.05, 4.69) is 42.6 Å². The van der Waals surface area contributed by atoms with Gasteiger partial charge in [0.1, 0.15) is 5.82 Å². The molecule has 1 unspecified atom stereocenters. The molecule has 1 aromatic heterocycles. The van der Waals surface area contributed by atoms with Gasteiger partial charge in [0.25, 0.3) is 0 Å². The van der Waals surface area contributed by atoms with Gasteiger partial charge in [-0.2, -0.15) is 0 Å². The minimum absolute atomic E-state index is 0. The molecule has 0 bridgehead atoms. The number of likely N-dealkylation sites (tertiary alicyclic amines) is 1. The number of aliphatic imine (C=N–C) groups is 1. The summed E-state index contributed by atoms with van der Waals surface area (Å²) in [5.41, 5.74) is 2.16. The maximum atomic E-state index is 4.64. The van der Waals surface area contributed by atoms with Gasteiger partial charge in [0.05, 0.1) is 11.0 Å². The van der Waals surface area contributed by atoms with Crippen LogP contribution in [0.5, 0.6) is 0 Å². The molecular weight excluding hydrogens is 463 g/mol. The molecule has 28 heavy (non-hydrogen) atoms. The second-order valence-electron chi connectivity index (χ2n) is 7.87. The van der Waals surface area contributed by atoms with E-state index in [1.165, 1.54) is 38.6 Å². The molecule has 2 heterocycles. The van der Waals surface area contributed by atoms with Crippen LogP contribution in [0.15, 0.2) is 29.3 Å². The Labute approximate surface area is 185 Å². The van der Waals surface area contributed by atoms with E-state index in [0.29, 0.717) is 6.04 Å². The van der Waals surface area contributed by atoms with Gasteiger partial charge in [-0.25, -0.2) is 4.98 Å². The van der Waals surface area contributed by atoms with E-state index in [9.17, 15) is 0 Å². The molecule has 4 rings (SSSR count). The molecule has 6 nitrogen and oxygen atoms in total. The Bertz CT molecular complexity index is 734. The van der Waals surface area contributed by atoms with Gasteiger partial charge in [-0.05, 0) is 37.8 Å². The van der Waals surface area contributed by atoms with Gasteiger partial charge in [0.15, 0.2) is 5.96 Å². The number of aryl methyl sites for hydroxylation is 1. The van der Waals surface area contributed by atoms with Crippen molar-refractivity contribution in [2.75, 3.05) is 26.7 Å². The molecule has 1 aromatic carbocycles. The van der Waals surface area contributed by atoms with E-state index in [4.69, 9.17) is 0 Å². The van der Waals surface area contributed by atoms with Crippen LogP contribution in [0, 0.1) is 0 Å². The smallest absolute Gasteiger partial charge is 0.191 e. The van der Waals surface area contributed by atoms with Gasteiger partial charge in [-0.3, -0.25) is 9.89 Å². The average Bonchev–Trinajstić information content (AvgIpc) is 3.44. The van der Waals surface area contributed by atoms with Crippen LogP contribution in [-0.2, 0) is 6.42 Å². The number of benzene rings is 1. The van der Waals surface area contributed by atoms with E-state index in [0.717, 1.165) is 54.8 Å². The number of aromatic nitrogens is 2. The number of imidazole rings is 1. The highest BCUT2D eigenvalue weighted by Gasteiger charge is 2.30. The van der Waals surface area contributed by atoms with Crippen LogP contribution in [0.25, 0.3) is 11.0 Å². The van der Waals surface area contributed by atoms with Gasteiger partial charge < -0.3 is 15.6 Å². The summed E-state index contributed by atoms with van der Waals surface area (Å²) in [6.45, 7) is 3.28. The number of H-pyrrole nitrogens is 1. The summed E-state index contributed by atoms with van der Waals surface area (Å²) >= 11 is 0. The van der Waals surface area contributed by atoms with E-state index in [1.807, 2.05) is 19.2 Å². The molecule has 1 aliphatic heterocycles. The summed E-state index contributed by atoms with van der Waals surface area (Å²) in [5, 5.41) is 7.08. The SMILES string of the molecule is CN=C(NCCCc1nc2ccccc2[nH]1)NC1CCN(C2CCCC2)C1.I. The molecule has 1 saturated heterocycles. The largest absolute Gasteiger partial charge is 0.356 e. The quantitative estimate of drug-likeness (QED) is 0.249. The first-order valence-electron chi connectivity index (χ1n) is 10.5. The van der Waals surface area contributed by atoms with Crippen molar-refractivity contribution in [3.05, 3.63) is 30.1 Å². The molecule has 2 aromatic rings. The minimum atomic E-state index is 0. The Morgan fingerprint density at radius 1 is 1.25 bits per heavy atom. The summed E-state index contributed by atoms with van der Waals surface area (Å²) in [4.78, 5) is 15.1. The van der Waals surface area contributed by atoms with Crippen molar-refractivity contribution in [2.24, 2.45) is 4.99 Å². The number of aromatic amines is 1. The fourth-order valence-corrected chi connectivity index (χ4v) is 4.48. The molecule has 1 aliphatic carbocycles. The highest BCUT2D eigenvalue weighted by Crippen LogP contribution is 2.26. The van der Waals surface area contributed by atoms with Crippen molar-refractivity contribution >= 4 is 41.0 Å². The van der Waals surface area contributed by atoms with E-state index in [-0.39, 0.29) is 24.0 Å². The van der Waals surface area contributed by atoms with E-state index < -0.39 is 0 Å². The Kier molecular flexibility index (Phi) is 7.96. The number of rotatable bonds is 6. The number of guanidine groups is 1. The number of nitrogens with one attached hydrogen (secondary N) is 3. The molecule has 154 valence electrons. The topological polar surface area (TPSA) is 68.3 Å². The number of hydrogen-bond acceptors (Lipinski definition) is 3. The lowest BCUT2D eigenvalue weighted by Crippen LogP contribution is -2.45. The van der Waals surface area contributed by atoms with Crippen LogP contribution in [-0.4, -0.2) is 59.6 Å². The number of halogens is 1. The summed E-state index contributed by atoms with van der Waals surface area (Å²) in [6, 6.07) is 9.55. The van der Waals surface area contributed by atoms with Crippen LogP contribution in [0.4, 0.5) is 0 Å². The fourth-order valence-electron chi connectivity index (χ4n) is 4.48. The highest BCUT2D eigenvalue weighted by molar-refractivity contribution is 14.0. The maximum absolute atomic E-state index is 4.64. The van der Waals surface area contributed by atoms with Crippen molar-refractivity contribution in [3.63, 3.8) is 0 Å². The number of para-hydroxylation sites is 2. The second kappa shape index (κ2) is 10.4. The van der Waals surface area contributed by atoms with Crippen molar-refractivity contribution in [3.8, 4) is 0 Å². The van der Waals surface area contributed by atoms with Crippen molar-refractivity contribution in [1.82, 2.24) is 25.5 Å².